The van der Waals surface area contributed by atoms with Crippen molar-refractivity contribution in [3.8, 4) is 0 Å². The van der Waals surface area contributed by atoms with Gasteiger partial charge in [-0.3, -0.25) is 9.78 Å². The van der Waals surface area contributed by atoms with Gasteiger partial charge >= 0.3 is 0 Å². The molecule has 1 aromatic carbocycles. The van der Waals surface area contributed by atoms with Crippen molar-refractivity contribution in [2.24, 2.45) is 5.92 Å². The van der Waals surface area contributed by atoms with E-state index in [2.05, 4.69) is 22.4 Å². The number of amides is 1. The van der Waals surface area contributed by atoms with E-state index in [0.29, 0.717) is 12.3 Å². The van der Waals surface area contributed by atoms with Crippen LogP contribution in [0.1, 0.15) is 36.4 Å². The summed E-state index contributed by atoms with van der Waals surface area (Å²) in [5.74, 6) is 0.731. The first-order valence-electron chi connectivity index (χ1n) is 7.56. The number of nitrogens with zero attached hydrogens (tertiary/aromatic N) is 1. The molecule has 1 heterocycles. The maximum absolute atomic E-state index is 12.2. The average Bonchev–Trinajstić information content (AvgIpc) is 3.37. The molecule has 3 nitrogen and oxygen atoms in total. The third kappa shape index (κ3) is 3.91. The number of rotatable bonds is 6. The summed E-state index contributed by atoms with van der Waals surface area (Å²) in [6, 6.07) is 14.4. The normalized spacial score (nSPS) is 15.4. The van der Waals surface area contributed by atoms with Gasteiger partial charge < -0.3 is 5.32 Å². The SMILES string of the molecule is O=C(CCc1cccnc1)NC(c1ccccc1)C1CC1. The van der Waals surface area contributed by atoms with E-state index in [1.807, 2.05) is 36.5 Å². The van der Waals surface area contributed by atoms with Gasteiger partial charge in [-0.15, -0.1) is 0 Å². The summed E-state index contributed by atoms with van der Waals surface area (Å²) in [4.78, 5) is 16.3. The lowest BCUT2D eigenvalue weighted by Crippen LogP contribution is -2.30. The van der Waals surface area contributed by atoms with Crippen LogP contribution < -0.4 is 5.32 Å². The third-order valence-electron chi connectivity index (χ3n) is 3.93. The minimum atomic E-state index is 0.125. The van der Waals surface area contributed by atoms with Crippen LogP contribution in [-0.4, -0.2) is 10.9 Å². The van der Waals surface area contributed by atoms with Crippen molar-refractivity contribution in [2.75, 3.05) is 0 Å². The molecule has 3 rings (SSSR count). The third-order valence-corrected chi connectivity index (χ3v) is 3.93. The summed E-state index contributed by atoms with van der Waals surface area (Å²) in [6.45, 7) is 0. The Morgan fingerprint density at radius 3 is 2.67 bits per heavy atom. The molecule has 0 radical (unpaired) electrons. The Balaban J connectivity index is 1.57. The van der Waals surface area contributed by atoms with Crippen molar-refractivity contribution in [3.63, 3.8) is 0 Å². The smallest absolute Gasteiger partial charge is 0.220 e. The van der Waals surface area contributed by atoms with Gasteiger partial charge in [0, 0.05) is 18.8 Å². The highest BCUT2D eigenvalue weighted by Crippen LogP contribution is 2.40. The molecule has 0 bridgehead atoms. The predicted octanol–water partition coefficient (Wildman–Crippen LogP) is 3.28. The van der Waals surface area contributed by atoms with Crippen molar-refractivity contribution in [1.82, 2.24) is 10.3 Å². The van der Waals surface area contributed by atoms with Crippen LogP contribution in [0.5, 0.6) is 0 Å². The van der Waals surface area contributed by atoms with Crippen LogP contribution in [0, 0.1) is 5.92 Å². The molecule has 1 aliphatic rings. The predicted molar refractivity (Wildman–Crippen MR) is 82.6 cm³/mol. The lowest BCUT2D eigenvalue weighted by molar-refractivity contribution is -0.122. The summed E-state index contributed by atoms with van der Waals surface area (Å²) in [5, 5.41) is 3.21. The summed E-state index contributed by atoms with van der Waals surface area (Å²) < 4.78 is 0. The molecule has 1 unspecified atom stereocenters. The molecule has 2 aromatic rings. The van der Waals surface area contributed by atoms with E-state index in [9.17, 15) is 4.79 Å². The molecule has 0 aliphatic heterocycles. The monoisotopic (exact) mass is 280 g/mol. The quantitative estimate of drug-likeness (QED) is 0.882. The summed E-state index contributed by atoms with van der Waals surface area (Å²) in [6.07, 6.45) is 7.25. The molecule has 1 amide bonds. The number of hydrogen-bond acceptors (Lipinski definition) is 2. The van der Waals surface area contributed by atoms with E-state index in [1.165, 1.54) is 18.4 Å². The maximum Gasteiger partial charge on any atom is 0.220 e. The molecule has 1 fully saturated rings. The zero-order chi connectivity index (χ0) is 14.5. The Morgan fingerprint density at radius 1 is 1.19 bits per heavy atom. The van der Waals surface area contributed by atoms with E-state index >= 15 is 0 Å². The number of benzene rings is 1. The topological polar surface area (TPSA) is 42.0 Å². The van der Waals surface area contributed by atoms with E-state index in [0.717, 1.165) is 12.0 Å². The summed E-state index contributed by atoms with van der Waals surface area (Å²) >= 11 is 0. The van der Waals surface area contributed by atoms with Crippen molar-refractivity contribution >= 4 is 5.91 Å². The van der Waals surface area contributed by atoms with Crippen molar-refractivity contribution in [1.29, 1.82) is 0 Å². The van der Waals surface area contributed by atoms with Crippen LogP contribution in [0.15, 0.2) is 54.9 Å². The van der Waals surface area contributed by atoms with Crippen LogP contribution in [0.4, 0.5) is 0 Å². The summed E-state index contributed by atoms with van der Waals surface area (Å²) in [5.41, 5.74) is 2.32. The molecule has 1 saturated carbocycles. The van der Waals surface area contributed by atoms with Gasteiger partial charge in [0.2, 0.25) is 5.91 Å². The number of aryl methyl sites for hydroxylation is 1. The Kier molecular flexibility index (Phi) is 4.29. The number of carbonyl (C=O) groups is 1. The molecule has 3 heteroatoms. The van der Waals surface area contributed by atoms with Gasteiger partial charge in [-0.05, 0) is 42.4 Å². The molecular formula is C18H20N2O. The van der Waals surface area contributed by atoms with Gasteiger partial charge in [-0.2, -0.15) is 0 Å². The minimum Gasteiger partial charge on any atom is -0.349 e. The molecule has 0 saturated heterocycles. The number of pyridine rings is 1. The van der Waals surface area contributed by atoms with E-state index in [4.69, 9.17) is 0 Å². The van der Waals surface area contributed by atoms with Crippen LogP contribution in [-0.2, 0) is 11.2 Å². The fourth-order valence-electron chi connectivity index (χ4n) is 2.61. The summed E-state index contributed by atoms with van der Waals surface area (Å²) in [7, 11) is 0. The largest absolute Gasteiger partial charge is 0.349 e. The fraction of sp³-hybridized carbons (Fsp3) is 0.333. The Hall–Kier alpha value is -2.16. The molecule has 1 N–H and O–H groups in total. The van der Waals surface area contributed by atoms with Crippen molar-refractivity contribution in [3.05, 3.63) is 66.0 Å². The zero-order valence-electron chi connectivity index (χ0n) is 12.0. The van der Waals surface area contributed by atoms with Crippen molar-refractivity contribution < 1.29 is 4.79 Å². The number of aromatic nitrogens is 1. The molecule has 1 aromatic heterocycles. The first kappa shape index (κ1) is 13.8. The first-order valence-corrected chi connectivity index (χ1v) is 7.56. The average molecular weight is 280 g/mol. The molecule has 1 aliphatic carbocycles. The Morgan fingerprint density at radius 2 is 2.00 bits per heavy atom. The maximum atomic E-state index is 12.2. The lowest BCUT2D eigenvalue weighted by Gasteiger charge is -2.18. The van der Waals surface area contributed by atoms with E-state index in [1.54, 1.807) is 6.20 Å². The highest BCUT2D eigenvalue weighted by molar-refractivity contribution is 5.76. The fourth-order valence-corrected chi connectivity index (χ4v) is 2.61. The van der Waals surface area contributed by atoms with E-state index in [-0.39, 0.29) is 11.9 Å². The highest BCUT2D eigenvalue weighted by atomic mass is 16.1. The second-order valence-corrected chi connectivity index (χ2v) is 5.65. The van der Waals surface area contributed by atoms with Gasteiger partial charge in [0.1, 0.15) is 0 Å². The standard InChI is InChI=1S/C18H20N2O/c21-17(11-8-14-5-4-12-19-13-14)20-18(16-9-10-16)15-6-2-1-3-7-15/h1-7,12-13,16,18H,8-11H2,(H,20,21). The number of nitrogens with one attached hydrogen (secondary N) is 1. The van der Waals surface area contributed by atoms with Crippen LogP contribution in [0.3, 0.4) is 0 Å². The van der Waals surface area contributed by atoms with Crippen molar-refractivity contribution in [2.45, 2.75) is 31.7 Å². The van der Waals surface area contributed by atoms with Gasteiger partial charge in [0.05, 0.1) is 6.04 Å². The van der Waals surface area contributed by atoms with Crippen LogP contribution in [0.25, 0.3) is 0 Å². The van der Waals surface area contributed by atoms with Gasteiger partial charge in [-0.1, -0.05) is 36.4 Å². The molecule has 0 spiro atoms. The Bertz CT molecular complexity index is 579. The van der Waals surface area contributed by atoms with Gasteiger partial charge in [-0.25, -0.2) is 0 Å². The second kappa shape index (κ2) is 6.53. The Labute approximate surface area is 125 Å². The lowest BCUT2D eigenvalue weighted by atomic mass is 10.0. The molecule has 1 atom stereocenters. The first-order chi connectivity index (χ1) is 10.3. The second-order valence-electron chi connectivity index (χ2n) is 5.65. The number of hydrogen-bond donors (Lipinski definition) is 1. The minimum absolute atomic E-state index is 0.125. The molecule has 108 valence electrons. The van der Waals surface area contributed by atoms with Crippen LogP contribution in [0.2, 0.25) is 0 Å². The zero-order valence-corrected chi connectivity index (χ0v) is 12.0. The number of carbonyl (C=O) groups excluding carboxylic acids is 1. The van der Waals surface area contributed by atoms with Gasteiger partial charge in [0.25, 0.3) is 0 Å². The van der Waals surface area contributed by atoms with Crippen LogP contribution >= 0.6 is 0 Å². The van der Waals surface area contributed by atoms with Gasteiger partial charge in [0.15, 0.2) is 0 Å². The highest BCUT2D eigenvalue weighted by Gasteiger charge is 2.33. The molecular weight excluding hydrogens is 260 g/mol. The molecule has 21 heavy (non-hydrogen) atoms. The van der Waals surface area contributed by atoms with E-state index < -0.39 is 0 Å².